The standard InChI is InChI=1S/C9H14O2Se/c10-9(11)6-2-1-4-8-5-3-7-12-8/h5H,1-4,6-7H2,(H,10,11). The Labute approximate surface area is 79.2 Å². The van der Waals surface area contributed by atoms with Gasteiger partial charge in [0.2, 0.25) is 0 Å². The normalized spacial score (nSPS) is 16.2. The minimum atomic E-state index is -0.666. The number of hydrogen-bond donors (Lipinski definition) is 1. The van der Waals surface area contributed by atoms with Gasteiger partial charge >= 0.3 is 78.8 Å². The number of carbonyl (C=O) groups is 1. The third kappa shape index (κ3) is 3.93. The first-order valence-electron chi connectivity index (χ1n) is 4.32. The fourth-order valence-electron chi connectivity index (χ4n) is 1.22. The number of allylic oxidation sites excluding steroid dienone is 2. The predicted octanol–water partition coefficient (Wildman–Crippen LogP) is 2.04. The second-order valence-corrected chi connectivity index (χ2v) is 5.47. The van der Waals surface area contributed by atoms with Gasteiger partial charge in [-0.2, -0.15) is 0 Å². The minimum absolute atomic E-state index is 0.334. The van der Waals surface area contributed by atoms with Crippen molar-refractivity contribution < 1.29 is 9.90 Å². The summed E-state index contributed by atoms with van der Waals surface area (Å²) < 4.78 is 1.60. The quantitative estimate of drug-likeness (QED) is 0.582. The number of unbranched alkanes of at least 4 members (excludes halogenated alkanes) is 1. The molecule has 68 valence electrons. The average molecular weight is 233 g/mol. The summed E-state index contributed by atoms with van der Waals surface area (Å²) in [5.41, 5.74) is 0. The fraction of sp³-hybridized carbons (Fsp3) is 0.667. The third-order valence-electron chi connectivity index (χ3n) is 1.84. The monoisotopic (exact) mass is 234 g/mol. The van der Waals surface area contributed by atoms with E-state index in [0.717, 1.165) is 34.2 Å². The Morgan fingerprint density at radius 3 is 3.00 bits per heavy atom. The van der Waals surface area contributed by atoms with E-state index in [0.29, 0.717) is 6.42 Å². The van der Waals surface area contributed by atoms with Crippen molar-refractivity contribution >= 4 is 20.9 Å². The van der Waals surface area contributed by atoms with Crippen LogP contribution in [0, 0.1) is 0 Å². The van der Waals surface area contributed by atoms with Crippen LogP contribution < -0.4 is 0 Å². The summed E-state index contributed by atoms with van der Waals surface area (Å²) in [4.78, 5) is 10.2. The van der Waals surface area contributed by atoms with Gasteiger partial charge in [0.1, 0.15) is 0 Å². The van der Waals surface area contributed by atoms with Crippen molar-refractivity contribution in [2.75, 3.05) is 0 Å². The molecular formula is C9H14O2Se. The van der Waals surface area contributed by atoms with Crippen molar-refractivity contribution in [1.29, 1.82) is 0 Å². The molecule has 3 heteroatoms. The van der Waals surface area contributed by atoms with Gasteiger partial charge in [-0.15, -0.1) is 0 Å². The molecule has 0 spiro atoms. The Morgan fingerprint density at radius 1 is 1.58 bits per heavy atom. The summed E-state index contributed by atoms with van der Waals surface area (Å²) in [6.45, 7) is 0. The third-order valence-corrected chi connectivity index (χ3v) is 4.32. The van der Waals surface area contributed by atoms with Gasteiger partial charge in [0.15, 0.2) is 0 Å². The number of carboxylic acids is 1. The summed E-state index contributed by atoms with van der Waals surface area (Å²) in [7, 11) is 0. The van der Waals surface area contributed by atoms with Crippen LogP contribution in [0.2, 0.25) is 5.32 Å². The Balaban J connectivity index is 1.98. The molecule has 0 radical (unpaired) electrons. The van der Waals surface area contributed by atoms with Crippen LogP contribution in [-0.4, -0.2) is 26.0 Å². The van der Waals surface area contributed by atoms with Gasteiger partial charge in [0, 0.05) is 0 Å². The molecule has 1 heterocycles. The summed E-state index contributed by atoms with van der Waals surface area (Å²) in [6, 6.07) is 0. The molecule has 0 aromatic heterocycles. The molecule has 1 N–H and O–H groups in total. The molecule has 0 fully saturated rings. The summed E-state index contributed by atoms with van der Waals surface area (Å²) in [6.07, 6.45) is 6.96. The van der Waals surface area contributed by atoms with E-state index in [1.54, 1.807) is 4.47 Å². The maximum atomic E-state index is 10.2. The van der Waals surface area contributed by atoms with Crippen molar-refractivity contribution in [3.8, 4) is 0 Å². The molecule has 0 saturated carbocycles. The first-order chi connectivity index (χ1) is 5.79. The maximum absolute atomic E-state index is 10.2. The van der Waals surface area contributed by atoms with Crippen molar-refractivity contribution in [2.45, 2.75) is 37.4 Å². The van der Waals surface area contributed by atoms with Crippen LogP contribution in [-0.2, 0) is 4.79 Å². The van der Waals surface area contributed by atoms with Gasteiger partial charge in [0.05, 0.1) is 0 Å². The zero-order chi connectivity index (χ0) is 8.81. The van der Waals surface area contributed by atoms with Crippen LogP contribution in [0.1, 0.15) is 32.1 Å². The topological polar surface area (TPSA) is 37.3 Å². The second kappa shape index (κ2) is 5.39. The molecule has 1 aliphatic rings. The Hall–Kier alpha value is -0.271. The van der Waals surface area contributed by atoms with E-state index in [9.17, 15) is 4.79 Å². The molecule has 1 aliphatic heterocycles. The first kappa shape index (κ1) is 9.81. The number of hydrogen-bond acceptors (Lipinski definition) is 1. The van der Waals surface area contributed by atoms with Crippen molar-refractivity contribution in [1.82, 2.24) is 0 Å². The number of rotatable bonds is 5. The Bertz CT molecular complexity index is 187. The fourth-order valence-corrected chi connectivity index (χ4v) is 3.36. The van der Waals surface area contributed by atoms with E-state index in [1.165, 1.54) is 11.7 Å². The molecule has 2 nitrogen and oxygen atoms in total. The van der Waals surface area contributed by atoms with Crippen molar-refractivity contribution in [2.24, 2.45) is 0 Å². The second-order valence-electron chi connectivity index (χ2n) is 2.91. The van der Waals surface area contributed by atoms with E-state index < -0.39 is 5.97 Å². The van der Waals surface area contributed by atoms with E-state index in [2.05, 4.69) is 6.08 Å². The van der Waals surface area contributed by atoms with Gasteiger partial charge in [-0.1, -0.05) is 0 Å². The van der Waals surface area contributed by atoms with E-state index >= 15 is 0 Å². The molecule has 12 heavy (non-hydrogen) atoms. The number of carboxylic acid groups (broad SMARTS) is 1. The van der Waals surface area contributed by atoms with Crippen LogP contribution in [0.4, 0.5) is 0 Å². The van der Waals surface area contributed by atoms with E-state index in [1.807, 2.05) is 0 Å². The van der Waals surface area contributed by atoms with E-state index in [4.69, 9.17) is 5.11 Å². The van der Waals surface area contributed by atoms with Crippen LogP contribution in [0.3, 0.4) is 0 Å². The summed E-state index contributed by atoms with van der Waals surface area (Å²) in [5.74, 6) is -0.666. The first-order valence-corrected chi connectivity index (χ1v) is 6.39. The molecule has 0 unspecified atom stereocenters. The molecule has 0 aromatic rings. The zero-order valence-corrected chi connectivity index (χ0v) is 8.80. The van der Waals surface area contributed by atoms with Crippen molar-refractivity contribution in [3.63, 3.8) is 0 Å². The molecule has 0 aliphatic carbocycles. The van der Waals surface area contributed by atoms with Gasteiger partial charge in [-0.3, -0.25) is 0 Å². The molecule has 0 bridgehead atoms. The van der Waals surface area contributed by atoms with Crippen LogP contribution in [0.5, 0.6) is 0 Å². The van der Waals surface area contributed by atoms with Gasteiger partial charge in [-0.05, 0) is 0 Å². The van der Waals surface area contributed by atoms with E-state index in [-0.39, 0.29) is 0 Å². The van der Waals surface area contributed by atoms with Crippen LogP contribution in [0.15, 0.2) is 10.5 Å². The predicted molar refractivity (Wildman–Crippen MR) is 49.4 cm³/mol. The van der Waals surface area contributed by atoms with Crippen LogP contribution >= 0.6 is 0 Å². The molecule has 0 aromatic carbocycles. The van der Waals surface area contributed by atoms with Gasteiger partial charge in [-0.25, -0.2) is 0 Å². The van der Waals surface area contributed by atoms with Crippen LogP contribution in [0.25, 0.3) is 0 Å². The van der Waals surface area contributed by atoms with Crippen molar-refractivity contribution in [3.05, 3.63) is 10.5 Å². The molecule has 0 atom stereocenters. The Kier molecular flexibility index (Phi) is 4.41. The Morgan fingerprint density at radius 2 is 2.42 bits per heavy atom. The average Bonchev–Trinajstić information content (AvgIpc) is 2.49. The molecule has 0 amide bonds. The van der Waals surface area contributed by atoms with Gasteiger partial charge in [0.25, 0.3) is 0 Å². The van der Waals surface area contributed by atoms with Gasteiger partial charge < -0.3 is 0 Å². The molecule has 1 rings (SSSR count). The number of aliphatic carboxylic acids is 1. The zero-order valence-electron chi connectivity index (χ0n) is 7.08. The molecular weight excluding hydrogens is 219 g/mol. The summed E-state index contributed by atoms with van der Waals surface area (Å²) >= 11 is 0.739. The summed E-state index contributed by atoms with van der Waals surface area (Å²) in [5, 5.41) is 9.76. The SMILES string of the molecule is O=C(O)CCCCC1=CCC[Se]1. The molecule has 0 saturated heterocycles.